The average molecular weight is 259 g/mol. The van der Waals surface area contributed by atoms with Crippen LogP contribution in [-0.2, 0) is 6.42 Å². The fraction of sp³-hybridized carbons (Fsp3) is 0.333. The Morgan fingerprint density at radius 2 is 1.72 bits per heavy atom. The summed E-state index contributed by atoms with van der Waals surface area (Å²) in [6.45, 7) is 4.92. The van der Waals surface area contributed by atoms with Crippen molar-refractivity contribution in [3.05, 3.63) is 42.0 Å². The SMILES string of the molecule is CNCCc1cccc2c([Si](C)(C)O)cccc12. The summed E-state index contributed by atoms with van der Waals surface area (Å²) in [6.07, 6.45) is 1.02. The zero-order valence-electron chi connectivity index (χ0n) is 11.3. The quantitative estimate of drug-likeness (QED) is 0.823. The highest BCUT2D eigenvalue weighted by atomic mass is 28.4. The zero-order valence-corrected chi connectivity index (χ0v) is 12.3. The largest absolute Gasteiger partial charge is 0.428 e. The van der Waals surface area contributed by atoms with Gasteiger partial charge in [-0.1, -0.05) is 36.4 Å². The van der Waals surface area contributed by atoms with Crippen LogP contribution in [0.1, 0.15) is 5.56 Å². The molecular weight excluding hydrogens is 238 g/mol. The Hall–Kier alpha value is -1.16. The lowest BCUT2D eigenvalue weighted by Crippen LogP contribution is -2.41. The number of rotatable bonds is 4. The van der Waals surface area contributed by atoms with Crippen molar-refractivity contribution in [2.75, 3.05) is 13.6 Å². The van der Waals surface area contributed by atoms with Gasteiger partial charge in [-0.15, -0.1) is 0 Å². The van der Waals surface area contributed by atoms with Crippen LogP contribution in [0.15, 0.2) is 36.4 Å². The van der Waals surface area contributed by atoms with E-state index >= 15 is 0 Å². The van der Waals surface area contributed by atoms with Gasteiger partial charge in [0.2, 0.25) is 8.32 Å². The average Bonchev–Trinajstić information content (AvgIpc) is 2.34. The molecule has 0 radical (unpaired) electrons. The molecule has 0 unspecified atom stereocenters. The number of nitrogens with one attached hydrogen (secondary N) is 1. The predicted octanol–water partition coefficient (Wildman–Crippen LogP) is 2.01. The number of benzene rings is 2. The maximum Gasteiger partial charge on any atom is 0.214 e. The first-order valence-corrected chi connectivity index (χ1v) is 9.37. The first kappa shape index (κ1) is 13.3. The lowest BCUT2D eigenvalue weighted by molar-refractivity contribution is 0.569. The van der Waals surface area contributed by atoms with Crippen molar-refractivity contribution < 1.29 is 4.80 Å². The van der Waals surface area contributed by atoms with Gasteiger partial charge in [-0.05, 0) is 54.6 Å². The molecule has 18 heavy (non-hydrogen) atoms. The fourth-order valence-corrected chi connectivity index (χ4v) is 3.77. The van der Waals surface area contributed by atoms with Crippen LogP contribution in [0.5, 0.6) is 0 Å². The van der Waals surface area contributed by atoms with Gasteiger partial charge in [0.05, 0.1) is 0 Å². The Morgan fingerprint density at radius 3 is 2.39 bits per heavy atom. The maximum absolute atomic E-state index is 10.4. The van der Waals surface area contributed by atoms with Crippen molar-refractivity contribution >= 4 is 24.3 Å². The van der Waals surface area contributed by atoms with Crippen LogP contribution in [0, 0.1) is 0 Å². The van der Waals surface area contributed by atoms with Gasteiger partial charge in [0.15, 0.2) is 0 Å². The molecule has 0 aliphatic heterocycles. The molecule has 96 valence electrons. The molecule has 0 fully saturated rings. The monoisotopic (exact) mass is 259 g/mol. The second-order valence-electron chi connectivity index (χ2n) is 5.23. The minimum atomic E-state index is -2.27. The van der Waals surface area contributed by atoms with E-state index in [1.54, 1.807) is 0 Å². The Morgan fingerprint density at radius 1 is 1.06 bits per heavy atom. The van der Waals surface area contributed by atoms with E-state index in [4.69, 9.17) is 0 Å². The summed E-state index contributed by atoms with van der Waals surface area (Å²) in [5.41, 5.74) is 1.35. The topological polar surface area (TPSA) is 32.3 Å². The van der Waals surface area contributed by atoms with Crippen molar-refractivity contribution in [3.63, 3.8) is 0 Å². The molecule has 0 aliphatic rings. The molecule has 0 bridgehead atoms. The molecule has 0 saturated heterocycles. The molecule has 2 aromatic carbocycles. The zero-order chi connectivity index (χ0) is 13.2. The highest BCUT2D eigenvalue weighted by Crippen LogP contribution is 2.19. The second-order valence-corrected chi connectivity index (χ2v) is 8.89. The van der Waals surface area contributed by atoms with Crippen molar-refractivity contribution in [3.8, 4) is 0 Å². The third-order valence-electron chi connectivity index (χ3n) is 3.32. The van der Waals surface area contributed by atoms with E-state index in [0.29, 0.717) is 0 Å². The van der Waals surface area contributed by atoms with Crippen LogP contribution in [0.4, 0.5) is 0 Å². The minimum Gasteiger partial charge on any atom is -0.428 e. The first-order chi connectivity index (χ1) is 8.54. The Bertz CT molecular complexity index is 546. The summed E-state index contributed by atoms with van der Waals surface area (Å²) < 4.78 is 0. The van der Waals surface area contributed by atoms with E-state index < -0.39 is 8.32 Å². The molecule has 0 amide bonds. The summed E-state index contributed by atoms with van der Waals surface area (Å²) in [5, 5.41) is 6.81. The highest BCUT2D eigenvalue weighted by molar-refractivity contribution is 6.85. The normalized spacial score (nSPS) is 12.0. The summed E-state index contributed by atoms with van der Waals surface area (Å²) in [7, 11) is -0.295. The summed E-state index contributed by atoms with van der Waals surface area (Å²) >= 11 is 0. The van der Waals surface area contributed by atoms with Gasteiger partial charge in [-0.25, -0.2) is 0 Å². The van der Waals surface area contributed by atoms with Crippen LogP contribution >= 0.6 is 0 Å². The highest BCUT2D eigenvalue weighted by Gasteiger charge is 2.22. The summed E-state index contributed by atoms with van der Waals surface area (Å²) in [6, 6.07) is 12.7. The number of likely N-dealkylation sites (N-methyl/N-ethyl adjacent to an activating group) is 1. The van der Waals surface area contributed by atoms with Gasteiger partial charge in [0.25, 0.3) is 0 Å². The standard InChI is InChI=1S/C15H21NOSi/c1-16-11-10-12-6-4-8-14-13(12)7-5-9-15(14)18(2,3)17/h4-9,16-17H,10-11H2,1-3H3. The molecule has 2 aromatic rings. The number of hydrogen-bond acceptors (Lipinski definition) is 2. The van der Waals surface area contributed by atoms with Gasteiger partial charge in [0, 0.05) is 0 Å². The van der Waals surface area contributed by atoms with E-state index in [2.05, 4.69) is 41.7 Å². The van der Waals surface area contributed by atoms with E-state index in [1.807, 2.05) is 20.1 Å². The van der Waals surface area contributed by atoms with Crippen LogP contribution in [0.3, 0.4) is 0 Å². The Labute approximate surface area is 110 Å². The molecule has 2 nitrogen and oxygen atoms in total. The fourth-order valence-electron chi connectivity index (χ4n) is 2.39. The molecule has 2 rings (SSSR count). The van der Waals surface area contributed by atoms with E-state index in [9.17, 15) is 4.80 Å². The summed E-state index contributed by atoms with van der Waals surface area (Å²) in [4.78, 5) is 10.4. The molecule has 0 aliphatic carbocycles. The lowest BCUT2D eigenvalue weighted by Gasteiger charge is -2.18. The van der Waals surface area contributed by atoms with Gasteiger partial charge in [0.1, 0.15) is 0 Å². The van der Waals surface area contributed by atoms with Gasteiger partial charge >= 0.3 is 0 Å². The molecule has 0 spiro atoms. The predicted molar refractivity (Wildman–Crippen MR) is 80.9 cm³/mol. The van der Waals surface area contributed by atoms with Crippen LogP contribution in [0.2, 0.25) is 13.1 Å². The molecule has 3 heteroatoms. The van der Waals surface area contributed by atoms with E-state index in [-0.39, 0.29) is 0 Å². The Balaban J connectivity index is 2.58. The molecule has 0 heterocycles. The van der Waals surface area contributed by atoms with Crippen LogP contribution in [-0.4, -0.2) is 26.7 Å². The van der Waals surface area contributed by atoms with Gasteiger partial charge < -0.3 is 10.1 Å². The van der Waals surface area contributed by atoms with Gasteiger partial charge in [-0.2, -0.15) is 0 Å². The van der Waals surface area contributed by atoms with E-state index in [1.165, 1.54) is 16.3 Å². The lowest BCUT2D eigenvalue weighted by atomic mass is 10.0. The first-order valence-electron chi connectivity index (χ1n) is 6.42. The van der Waals surface area contributed by atoms with Crippen LogP contribution < -0.4 is 10.5 Å². The van der Waals surface area contributed by atoms with Crippen molar-refractivity contribution in [2.24, 2.45) is 0 Å². The maximum atomic E-state index is 10.4. The molecule has 0 saturated carbocycles. The van der Waals surface area contributed by atoms with E-state index in [0.717, 1.165) is 18.2 Å². The minimum absolute atomic E-state index is 0.975. The number of hydrogen-bond donors (Lipinski definition) is 2. The Kier molecular flexibility index (Phi) is 3.85. The summed E-state index contributed by atoms with van der Waals surface area (Å²) in [5.74, 6) is 0. The van der Waals surface area contributed by atoms with Gasteiger partial charge in [-0.3, -0.25) is 0 Å². The van der Waals surface area contributed by atoms with Crippen molar-refractivity contribution in [1.29, 1.82) is 0 Å². The molecule has 0 atom stereocenters. The smallest absolute Gasteiger partial charge is 0.214 e. The third kappa shape index (κ3) is 2.63. The third-order valence-corrected chi connectivity index (χ3v) is 5.07. The van der Waals surface area contributed by atoms with Crippen molar-refractivity contribution in [1.82, 2.24) is 5.32 Å². The molecule has 0 aromatic heterocycles. The van der Waals surface area contributed by atoms with Crippen molar-refractivity contribution in [2.45, 2.75) is 19.5 Å². The number of fused-ring (bicyclic) bond motifs is 1. The van der Waals surface area contributed by atoms with Crippen LogP contribution in [0.25, 0.3) is 10.8 Å². The molecular formula is C15H21NOSi. The second kappa shape index (κ2) is 5.22. The molecule has 2 N–H and O–H groups in total.